The van der Waals surface area contributed by atoms with Gasteiger partial charge in [0.1, 0.15) is 0 Å². The fraction of sp³-hybridized carbons (Fsp3) is 0.360. The lowest BCUT2D eigenvalue weighted by atomic mass is 9.70. The number of rotatable bonds is 3. The van der Waals surface area contributed by atoms with Gasteiger partial charge in [0.2, 0.25) is 0 Å². The van der Waals surface area contributed by atoms with Gasteiger partial charge >= 0.3 is 0 Å². The predicted molar refractivity (Wildman–Crippen MR) is 121 cm³/mol. The van der Waals surface area contributed by atoms with Gasteiger partial charge in [0, 0.05) is 16.5 Å². The van der Waals surface area contributed by atoms with E-state index < -0.39 is 5.91 Å². The van der Waals surface area contributed by atoms with Crippen molar-refractivity contribution in [3.05, 3.63) is 70.6 Å². The molecule has 5 rings (SSSR count). The number of nitrogens with one attached hydrogen (secondary N) is 1. The molecule has 2 bridgehead atoms. The third kappa shape index (κ3) is 2.85. The smallest absolute Gasteiger partial charge is 0.267 e. The topological polar surface area (TPSA) is 76.3 Å². The normalized spacial score (nSPS) is 25.3. The third-order valence-corrected chi connectivity index (χ3v) is 7.83. The molecule has 1 amide bonds. The Morgan fingerprint density at radius 2 is 1.74 bits per heavy atom. The molecule has 6 heteroatoms. The van der Waals surface area contributed by atoms with Gasteiger partial charge in [-0.25, -0.2) is 5.43 Å². The number of benzene rings is 2. The predicted octanol–water partition coefficient (Wildman–Crippen LogP) is 4.32. The van der Waals surface area contributed by atoms with Gasteiger partial charge in [-0.05, 0) is 48.8 Å². The molecule has 2 fully saturated rings. The first-order chi connectivity index (χ1) is 14.8. The van der Waals surface area contributed by atoms with Crippen molar-refractivity contribution in [2.45, 2.75) is 40.0 Å². The summed E-state index contributed by atoms with van der Waals surface area (Å²) < 4.78 is 1.28. The van der Waals surface area contributed by atoms with Crippen LogP contribution >= 0.6 is 0 Å². The van der Waals surface area contributed by atoms with Crippen molar-refractivity contribution in [2.75, 3.05) is 0 Å². The van der Waals surface area contributed by atoms with E-state index in [0.717, 1.165) is 18.6 Å². The van der Waals surface area contributed by atoms with Gasteiger partial charge in [-0.3, -0.25) is 9.59 Å². The maximum absolute atomic E-state index is 13.2. The van der Waals surface area contributed by atoms with E-state index in [1.54, 1.807) is 36.4 Å². The van der Waals surface area contributed by atoms with Gasteiger partial charge in [0.05, 0.1) is 11.1 Å². The van der Waals surface area contributed by atoms with Crippen LogP contribution in [0.3, 0.4) is 0 Å². The Morgan fingerprint density at radius 1 is 1.06 bits per heavy atom. The summed E-state index contributed by atoms with van der Waals surface area (Å²) in [7, 11) is 0. The second-order valence-corrected chi connectivity index (χ2v) is 9.44. The van der Waals surface area contributed by atoms with Crippen LogP contribution in [0.4, 0.5) is 0 Å². The largest absolute Gasteiger partial charge is 0.292 e. The Labute approximate surface area is 181 Å². The number of para-hydroxylation sites is 1. The maximum Gasteiger partial charge on any atom is 0.292 e. The second kappa shape index (κ2) is 6.87. The standard InChI is InChI=1S/C25H26N4O2/c1-24(2)16-13-14-25(24,3)20(15-16)26-27-22(30)21-18-11-7-8-12-19(18)23(31)29(28-21)17-9-5-4-6-10-17/h4-12,16H,13-15H2,1-3H3,(H,27,30)/b26-20+/t16-,25-/m0/s1. The lowest BCUT2D eigenvalue weighted by molar-refractivity contribution is 0.0949. The molecule has 2 saturated carbocycles. The third-order valence-electron chi connectivity index (χ3n) is 7.83. The molecule has 2 aromatic carbocycles. The monoisotopic (exact) mass is 414 g/mol. The summed E-state index contributed by atoms with van der Waals surface area (Å²) in [5.74, 6) is 0.199. The summed E-state index contributed by atoms with van der Waals surface area (Å²) in [5, 5.41) is 9.98. The lowest BCUT2D eigenvalue weighted by Crippen LogP contribution is -2.34. The van der Waals surface area contributed by atoms with Gasteiger partial charge in [0.25, 0.3) is 11.5 Å². The van der Waals surface area contributed by atoms with Crippen LogP contribution in [-0.4, -0.2) is 21.4 Å². The minimum Gasteiger partial charge on any atom is -0.267 e. The van der Waals surface area contributed by atoms with Crippen molar-refractivity contribution < 1.29 is 4.79 Å². The van der Waals surface area contributed by atoms with Crippen molar-refractivity contribution in [3.8, 4) is 5.69 Å². The molecule has 0 saturated heterocycles. The minimum atomic E-state index is -0.405. The Hall–Kier alpha value is -3.28. The highest BCUT2D eigenvalue weighted by molar-refractivity contribution is 6.05. The molecular formula is C25H26N4O2. The first kappa shape index (κ1) is 19.7. The summed E-state index contributed by atoms with van der Waals surface area (Å²) in [6.45, 7) is 6.87. The highest BCUT2D eigenvalue weighted by Crippen LogP contribution is 2.63. The first-order valence-corrected chi connectivity index (χ1v) is 10.8. The number of hydrogen-bond acceptors (Lipinski definition) is 4. The quantitative estimate of drug-likeness (QED) is 0.649. The van der Waals surface area contributed by atoms with E-state index in [1.165, 1.54) is 11.1 Å². The molecular weight excluding hydrogens is 388 g/mol. The number of carbonyl (C=O) groups is 1. The number of nitrogens with zero attached hydrogens (tertiary/aromatic N) is 3. The number of hydrogen-bond donors (Lipinski definition) is 1. The summed E-state index contributed by atoms with van der Waals surface area (Å²) in [4.78, 5) is 26.2. The summed E-state index contributed by atoms with van der Waals surface area (Å²) in [5.41, 5.74) is 4.54. The van der Waals surface area contributed by atoms with Gasteiger partial charge in [-0.15, -0.1) is 0 Å². The fourth-order valence-electron chi connectivity index (χ4n) is 5.37. The van der Waals surface area contributed by atoms with Crippen LogP contribution in [0.5, 0.6) is 0 Å². The molecule has 158 valence electrons. The average molecular weight is 415 g/mol. The molecule has 0 unspecified atom stereocenters. The van der Waals surface area contributed by atoms with E-state index in [9.17, 15) is 9.59 Å². The molecule has 6 nitrogen and oxygen atoms in total. The molecule has 1 aromatic heterocycles. The molecule has 3 aromatic rings. The van der Waals surface area contributed by atoms with E-state index in [0.29, 0.717) is 22.4 Å². The maximum atomic E-state index is 13.2. The van der Waals surface area contributed by atoms with Gasteiger partial charge in [-0.2, -0.15) is 14.9 Å². The van der Waals surface area contributed by atoms with E-state index in [4.69, 9.17) is 0 Å². The van der Waals surface area contributed by atoms with Crippen molar-refractivity contribution in [1.82, 2.24) is 15.2 Å². The van der Waals surface area contributed by atoms with Gasteiger partial charge < -0.3 is 0 Å². The molecule has 31 heavy (non-hydrogen) atoms. The number of hydrazone groups is 1. The van der Waals surface area contributed by atoms with Crippen LogP contribution in [0.15, 0.2) is 64.5 Å². The second-order valence-electron chi connectivity index (χ2n) is 9.44. The summed E-state index contributed by atoms with van der Waals surface area (Å²) >= 11 is 0. The SMILES string of the molecule is CC1(C)[C@H]2CC[C@@]1(C)/C(=N/NC(=O)c1nn(-c3ccccc3)c(=O)c3ccccc13)C2. The van der Waals surface area contributed by atoms with E-state index >= 15 is 0 Å². The fourth-order valence-corrected chi connectivity index (χ4v) is 5.37. The number of aromatic nitrogens is 2. The van der Waals surface area contributed by atoms with Crippen LogP contribution < -0.4 is 11.0 Å². The van der Waals surface area contributed by atoms with Crippen molar-refractivity contribution >= 4 is 22.4 Å². The zero-order chi connectivity index (χ0) is 21.8. The zero-order valence-electron chi connectivity index (χ0n) is 18.1. The molecule has 1 heterocycles. The van der Waals surface area contributed by atoms with Crippen LogP contribution in [-0.2, 0) is 0 Å². The highest BCUT2D eigenvalue weighted by atomic mass is 16.2. The Balaban J connectivity index is 1.55. The Morgan fingerprint density at radius 3 is 2.39 bits per heavy atom. The molecule has 1 N–H and O–H groups in total. The van der Waals surface area contributed by atoms with Crippen LogP contribution in [0, 0.1) is 16.7 Å². The minimum absolute atomic E-state index is 0.00324. The summed E-state index contributed by atoms with van der Waals surface area (Å²) in [6, 6.07) is 16.2. The Bertz CT molecular complexity index is 1280. The number of fused-ring (bicyclic) bond motifs is 3. The molecule has 2 atom stereocenters. The van der Waals surface area contributed by atoms with E-state index in [-0.39, 0.29) is 22.1 Å². The van der Waals surface area contributed by atoms with Gasteiger partial charge in [-0.1, -0.05) is 57.2 Å². The average Bonchev–Trinajstić information content (AvgIpc) is 3.12. The lowest BCUT2D eigenvalue weighted by Gasteiger charge is -2.34. The van der Waals surface area contributed by atoms with E-state index in [1.807, 2.05) is 18.2 Å². The first-order valence-electron chi connectivity index (χ1n) is 10.8. The van der Waals surface area contributed by atoms with E-state index in [2.05, 4.69) is 36.4 Å². The van der Waals surface area contributed by atoms with Crippen LogP contribution in [0.1, 0.15) is 50.5 Å². The molecule has 0 spiro atoms. The van der Waals surface area contributed by atoms with Crippen molar-refractivity contribution in [1.29, 1.82) is 0 Å². The number of carbonyl (C=O) groups excluding carboxylic acids is 1. The molecule has 2 aliphatic rings. The van der Waals surface area contributed by atoms with Gasteiger partial charge in [0.15, 0.2) is 5.69 Å². The molecule has 2 aliphatic carbocycles. The van der Waals surface area contributed by atoms with Crippen LogP contribution in [0.25, 0.3) is 16.5 Å². The highest BCUT2D eigenvalue weighted by Gasteiger charge is 2.60. The number of amides is 1. The van der Waals surface area contributed by atoms with Crippen LogP contribution in [0.2, 0.25) is 0 Å². The Kier molecular flexibility index (Phi) is 4.36. The van der Waals surface area contributed by atoms with Crippen molar-refractivity contribution in [3.63, 3.8) is 0 Å². The summed E-state index contributed by atoms with van der Waals surface area (Å²) in [6.07, 6.45) is 3.23. The molecule has 0 aliphatic heterocycles. The van der Waals surface area contributed by atoms with Crippen molar-refractivity contribution in [2.24, 2.45) is 21.8 Å². The zero-order valence-corrected chi connectivity index (χ0v) is 18.1. The molecule has 0 radical (unpaired) electrons.